The number of aromatic nitrogens is 1. The third kappa shape index (κ3) is 1.80. The van der Waals surface area contributed by atoms with Crippen molar-refractivity contribution in [1.82, 2.24) is 4.57 Å². The van der Waals surface area contributed by atoms with E-state index in [1.54, 1.807) is 18.7 Å². The third-order valence-corrected chi connectivity index (χ3v) is 2.94. The van der Waals surface area contributed by atoms with E-state index in [0.717, 1.165) is 10.9 Å². The van der Waals surface area contributed by atoms with Crippen molar-refractivity contribution in [3.05, 3.63) is 40.2 Å². The van der Waals surface area contributed by atoms with Gasteiger partial charge >= 0.3 is 0 Å². The summed E-state index contributed by atoms with van der Waals surface area (Å²) in [6.07, 6.45) is 0. The maximum atomic E-state index is 12.1. The minimum absolute atomic E-state index is 0.0722. The van der Waals surface area contributed by atoms with Gasteiger partial charge in [-0.1, -0.05) is 12.1 Å². The number of nitrogens with two attached hydrogens (primary N) is 1. The number of para-hydroxylation sites is 1. The number of aryl methyl sites for hydroxylation is 1. The molecule has 0 aliphatic heterocycles. The van der Waals surface area contributed by atoms with Crippen LogP contribution in [0.15, 0.2) is 29.1 Å². The van der Waals surface area contributed by atoms with Crippen LogP contribution in [-0.4, -0.2) is 11.7 Å². The summed E-state index contributed by atoms with van der Waals surface area (Å²) < 4.78 is 6.86. The van der Waals surface area contributed by atoms with Gasteiger partial charge in [0.25, 0.3) is 5.56 Å². The molecule has 0 fully saturated rings. The highest BCUT2D eigenvalue weighted by atomic mass is 16.5. The summed E-state index contributed by atoms with van der Waals surface area (Å²) in [4.78, 5) is 12.1. The molecule has 0 bridgehead atoms. The van der Waals surface area contributed by atoms with Crippen LogP contribution in [0.1, 0.15) is 18.5 Å². The second kappa shape index (κ2) is 4.22. The smallest absolute Gasteiger partial charge is 0.255 e. The van der Waals surface area contributed by atoms with Crippen LogP contribution < -0.4 is 16.0 Å². The Kier molecular flexibility index (Phi) is 2.90. The number of ether oxygens (including phenoxy) is 1. The summed E-state index contributed by atoms with van der Waals surface area (Å²) in [6.45, 7) is 1.81. The first-order valence-corrected chi connectivity index (χ1v) is 5.48. The van der Waals surface area contributed by atoms with E-state index in [9.17, 15) is 4.79 Å². The second-order valence-electron chi connectivity index (χ2n) is 4.15. The van der Waals surface area contributed by atoms with Crippen LogP contribution in [0, 0.1) is 0 Å². The number of hydrogen-bond acceptors (Lipinski definition) is 3. The topological polar surface area (TPSA) is 57.2 Å². The molecule has 2 rings (SSSR count). The number of rotatable bonds is 2. The molecule has 2 N–H and O–H groups in total. The molecule has 1 atom stereocenters. The molecule has 0 saturated heterocycles. The average molecular weight is 232 g/mol. The van der Waals surface area contributed by atoms with Gasteiger partial charge in [-0.05, 0) is 19.1 Å². The van der Waals surface area contributed by atoms with Gasteiger partial charge in [-0.25, -0.2) is 0 Å². The van der Waals surface area contributed by atoms with Crippen LogP contribution in [0.5, 0.6) is 5.75 Å². The lowest BCUT2D eigenvalue weighted by Gasteiger charge is -2.13. The van der Waals surface area contributed by atoms with Crippen molar-refractivity contribution in [2.75, 3.05) is 7.11 Å². The molecule has 1 aromatic heterocycles. The van der Waals surface area contributed by atoms with Crippen molar-refractivity contribution in [1.29, 1.82) is 0 Å². The first-order valence-electron chi connectivity index (χ1n) is 5.48. The number of fused-ring (bicyclic) bond motifs is 1. The number of pyridine rings is 1. The Balaban J connectivity index is 2.91. The quantitative estimate of drug-likeness (QED) is 0.855. The Hall–Kier alpha value is -1.81. The number of hydrogen-bond donors (Lipinski definition) is 1. The highest BCUT2D eigenvalue weighted by Gasteiger charge is 2.12. The summed E-state index contributed by atoms with van der Waals surface area (Å²) in [5.41, 5.74) is 7.14. The summed E-state index contributed by atoms with van der Waals surface area (Å²) >= 11 is 0. The fourth-order valence-electron chi connectivity index (χ4n) is 2.03. The molecule has 0 amide bonds. The van der Waals surface area contributed by atoms with E-state index in [4.69, 9.17) is 10.5 Å². The van der Waals surface area contributed by atoms with Gasteiger partial charge in [-0.2, -0.15) is 0 Å². The molecule has 1 heterocycles. The minimum Gasteiger partial charge on any atom is -0.495 e. The highest BCUT2D eigenvalue weighted by molar-refractivity contribution is 5.85. The van der Waals surface area contributed by atoms with E-state index in [-0.39, 0.29) is 11.6 Å². The Morgan fingerprint density at radius 2 is 2.12 bits per heavy atom. The number of benzene rings is 1. The molecule has 0 saturated carbocycles. The molecule has 17 heavy (non-hydrogen) atoms. The van der Waals surface area contributed by atoms with Crippen LogP contribution in [0.25, 0.3) is 10.9 Å². The SMILES string of the molecule is COc1cccc2cc(C(C)N)c(=O)n(C)c12. The molecule has 0 spiro atoms. The number of nitrogens with zero attached hydrogens (tertiary/aromatic N) is 1. The lowest BCUT2D eigenvalue weighted by molar-refractivity contribution is 0.417. The summed E-state index contributed by atoms with van der Waals surface area (Å²) in [5.74, 6) is 0.693. The molecule has 1 unspecified atom stereocenters. The molecule has 4 heteroatoms. The maximum Gasteiger partial charge on any atom is 0.255 e. The van der Waals surface area contributed by atoms with Gasteiger partial charge in [0, 0.05) is 24.0 Å². The van der Waals surface area contributed by atoms with Gasteiger partial charge in [0.05, 0.1) is 12.6 Å². The van der Waals surface area contributed by atoms with Gasteiger partial charge in [-0.15, -0.1) is 0 Å². The van der Waals surface area contributed by atoms with Crippen molar-refractivity contribution in [2.24, 2.45) is 12.8 Å². The summed E-state index contributed by atoms with van der Waals surface area (Å²) in [6, 6.07) is 7.25. The zero-order valence-corrected chi connectivity index (χ0v) is 10.2. The van der Waals surface area contributed by atoms with E-state index in [1.807, 2.05) is 31.2 Å². The van der Waals surface area contributed by atoms with Crippen LogP contribution >= 0.6 is 0 Å². The maximum absolute atomic E-state index is 12.1. The van der Waals surface area contributed by atoms with E-state index in [1.165, 1.54) is 0 Å². The largest absolute Gasteiger partial charge is 0.495 e. The van der Waals surface area contributed by atoms with E-state index in [0.29, 0.717) is 11.3 Å². The Labute approximate surface area is 99.6 Å². The normalized spacial score (nSPS) is 12.7. The molecule has 4 nitrogen and oxygen atoms in total. The van der Waals surface area contributed by atoms with E-state index < -0.39 is 0 Å². The molecular formula is C13H16N2O2. The Bertz CT molecular complexity index is 615. The lowest BCUT2D eigenvalue weighted by atomic mass is 10.1. The number of methoxy groups -OCH3 is 1. The molecule has 1 aromatic carbocycles. The van der Waals surface area contributed by atoms with Gasteiger partial charge in [0.15, 0.2) is 0 Å². The highest BCUT2D eigenvalue weighted by Crippen LogP contribution is 2.24. The van der Waals surface area contributed by atoms with Crippen LogP contribution in [0.2, 0.25) is 0 Å². The second-order valence-corrected chi connectivity index (χ2v) is 4.15. The zero-order valence-electron chi connectivity index (χ0n) is 10.2. The predicted octanol–water partition coefficient (Wildman–Crippen LogP) is 1.57. The van der Waals surface area contributed by atoms with Gasteiger partial charge in [-0.3, -0.25) is 4.79 Å². The fourth-order valence-corrected chi connectivity index (χ4v) is 2.03. The monoisotopic (exact) mass is 232 g/mol. The molecule has 0 aliphatic carbocycles. The van der Waals surface area contributed by atoms with Crippen molar-refractivity contribution in [2.45, 2.75) is 13.0 Å². The van der Waals surface area contributed by atoms with E-state index in [2.05, 4.69) is 0 Å². The summed E-state index contributed by atoms with van der Waals surface area (Å²) in [5, 5.41) is 0.957. The van der Waals surface area contributed by atoms with Crippen molar-refractivity contribution in [3.63, 3.8) is 0 Å². The lowest BCUT2D eigenvalue weighted by Crippen LogP contribution is -2.25. The zero-order chi connectivity index (χ0) is 12.6. The van der Waals surface area contributed by atoms with Crippen LogP contribution in [0.3, 0.4) is 0 Å². The predicted molar refractivity (Wildman–Crippen MR) is 68.3 cm³/mol. The molecule has 0 aliphatic rings. The van der Waals surface area contributed by atoms with Gasteiger partial charge < -0.3 is 15.0 Å². The first kappa shape index (κ1) is 11.7. The minimum atomic E-state index is -0.274. The molecular weight excluding hydrogens is 216 g/mol. The standard InChI is InChI=1S/C13H16N2O2/c1-8(14)10-7-9-5-4-6-11(17-3)12(9)15(2)13(10)16/h4-8H,14H2,1-3H3. The van der Waals surface area contributed by atoms with Gasteiger partial charge in [0.2, 0.25) is 0 Å². The van der Waals surface area contributed by atoms with E-state index >= 15 is 0 Å². The first-order chi connectivity index (χ1) is 8.06. The average Bonchev–Trinajstić information content (AvgIpc) is 2.32. The summed E-state index contributed by atoms with van der Waals surface area (Å²) in [7, 11) is 3.33. The molecule has 90 valence electrons. The van der Waals surface area contributed by atoms with Crippen molar-refractivity contribution >= 4 is 10.9 Å². The van der Waals surface area contributed by atoms with Crippen molar-refractivity contribution in [3.8, 4) is 5.75 Å². The Morgan fingerprint density at radius 1 is 1.41 bits per heavy atom. The van der Waals surface area contributed by atoms with Crippen LogP contribution in [-0.2, 0) is 7.05 Å². The molecule has 2 aromatic rings. The Morgan fingerprint density at radius 3 is 2.71 bits per heavy atom. The van der Waals surface area contributed by atoms with Crippen LogP contribution in [0.4, 0.5) is 0 Å². The van der Waals surface area contributed by atoms with Crippen molar-refractivity contribution < 1.29 is 4.74 Å². The third-order valence-electron chi connectivity index (χ3n) is 2.94. The fraction of sp³-hybridized carbons (Fsp3) is 0.308. The molecule has 0 radical (unpaired) electrons. The van der Waals surface area contributed by atoms with Gasteiger partial charge in [0.1, 0.15) is 5.75 Å².